The second-order valence-electron chi connectivity index (χ2n) is 5.27. The van der Waals surface area contributed by atoms with E-state index >= 15 is 0 Å². The molecular weight excluding hydrogens is 160 g/mol. The number of hydrogen-bond donors (Lipinski definition) is 1. The molecule has 2 heteroatoms. The Labute approximate surface area is 82.5 Å². The summed E-state index contributed by atoms with van der Waals surface area (Å²) in [5.41, 5.74) is 6.46. The molecule has 0 aliphatic carbocycles. The van der Waals surface area contributed by atoms with Crippen LogP contribution in [0.15, 0.2) is 0 Å². The number of hydrogen-bond acceptors (Lipinski definition) is 2. The molecule has 0 spiro atoms. The molecule has 0 saturated carbocycles. The van der Waals surface area contributed by atoms with Crippen molar-refractivity contribution < 1.29 is 0 Å². The van der Waals surface area contributed by atoms with Crippen LogP contribution >= 0.6 is 0 Å². The van der Waals surface area contributed by atoms with Gasteiger partial charge in [-0.25, -0.2) is 0 Å². The molecule has 1 heterocycles. The Morgan fingerprint density at radius 1 is 1.38 bits per heavy atom. The molecule has 0 aromatic heterocycles. The van der Waals surface area contributed by atoms with Gasteiger partial charge in [0.2, 0.25) is 0 Å². The van der Waals surface area contributed by atoms with E-state index in [4.69, 9.17) is 5.73 Å². The minimum atomic E-state index is 0.331. The van der Waals surface area contributed by atoms with Gasteiger partial charge >= 0.3 is 0 Å². The maximum Gasteiger partial charge on any atom is 0.0191 e. The molecule has 0 aromatic carbocycles. The second-order valence-corrected chi connectivity index (χ2v) is 5.27. The molecule has 2 N–H and O–H groups in total. The summed E-state index contributed by atoms with van der Waals surface area (Å²) in [5, 5.41) is 0. The molecular formula is C11H24N2. The molecule has 0 radical (unpaired) electrons. The van der Waals surface area contributed by atoms with Crippen LogP contribution in [0.1, 0.15) is 40.5 Å². The van der Waals surface area contributed by atoms with Crippen LogP contribution in [0.3, 0.4) is 0 Å². The first-order valence-corrected chi connectivity index (χ1v) is 5.44. The molecule has 78 valence electrons. The molecule has 1 fully saturated rings. The van der Waals surface area contributed by atoms with Crippen molar-refractivity contribution in [2.45, 2.75) is 52.1 Å². The van der Waals surface area contributed by atoms with Gasteiger partial charge in [-0.05, 0) is 39.2 Å². The first kappa shape index (κ1) is 11.0. The molecule has 1 saturated heterocycles. The first-order valence-electron chi connectivity index (χ1n) is 5.44. The molecule has 1 aliphatic heterocycles. The fourth-order valence-corrected chi connectivity index (χ4v) is 1.97. The topological polar surface area (TPSA) is 29.3 Å². The van der Waals surface area contributed by atoms with Gasteiger partial charge in [-0.3, -0.25) is 4.90 Å². The zero-order valence-corrected chi connectivity index (χ0v) is 9.51. The fraction of sp³-hybridized carbons (Fsp3) is 1.00. The van der Waals surface area contributed by atoms with Crippen LogP contribution in [0.25, 0.3) is 0 Å². The summed E-state index contributed by atoms with van der Waals surface area (Å²) < 4.78 is 0. The van der Waals surface area contributed by atoms with Gasteiger partial charge in [-0.2, -0.15) is 0 Å². The Bertz CT molecular complexity index is 163. The maximum absolute atomic E-state index is 6.08. The Morgan fingerprint density at radius 2 is 2.00 bits per heavy atom. The molecule has 0 amide bonds. The minimum absolute atomic E-state index is 0.331. The van der Waals surface area contributed by atoms with Crippen LogP contribution in [-0.4, -0.2) is 29.6 Å². The molecule has 0 aromatic rings. The monoisotopic (exact) mass is 184 g/mol. The molecule has 1 atom stereocenters. The van der Waals surface area contributed by atoms with E-state index in [9.17, 15) is 0 Å². The maximum atomic E-state index is 6.08. The highest BCUT2D eigenvalue weighted by molar-refractivity contribution is 4.89. The molecule has 0 unspecified atom stereocenters. The summed E-state index contributed by atoms with van der Waals surface area (Å²) in [6, 6.07) is 0.331. The van der Waals surface area contributed by atoms with Crippen LogP contribution in [0.5, 0.6) is 0 Å². The summed E-state index contributed by atoms with van der Waals surface area (Å²) in [6.07, 6.45) is 2.65. The zero-order chi connectivity index (χ0) is 10.1. The SMILES string of the molecule is CC(C)[C@@H](N)CN1CCCC1(C)C. The third-order valence-electron chi connectivity index (χ3n) is 3.36. The highest BCUT2D eigenvalue weighted by Gasteiger charge is 2.32. The van der Waals surface area contributed by atoms with E-state index < -0.39 is 0 Å². The van der Waals surface area contributed by atoms with Crippen molar-refractivity contribution >= 4 is 0 Å². The Kier molecular flexibility index (Phi) is 3.36. The number of nitrogens with zero attached hydrogens (tertiary/aromatic N) is 1. The molecule has 2 nitrogen and oxygen atoms in total. The highest BCUT2D eigenvalue weighted by Crippen LogP contribution is 2.28. The van der Waals surface area contributed by atoms with Gasteiger partial charge in [-0.15, -0.1) is 0 Å². The standard InChI is InChI=1S/C11H24N2/c1-9(2)10(12)8-13-7-5-6-11(13,3)4/h9-10H,5-8,12H2,1-4H3/t10-/m0/s1. The first-order chi connectivity index (χ1) is 5.93. The van der Waals surface area contributed by atoms with E-state index in [0.717, 1.165) is 6.54 Å². The van der Waals surface area contributed by atoms with Crippen LogP contribution < -0.4 is 5.73 Å². The Hall–Kier alpha value is -0.0800. The van der Waals surface area contributed by atoms with Gasteiger partial charge in [0.15, 0.2) is 0 Å². The summed E-state index contributed by atoms with van der Waals surface area (Å²) in [4.78, 5) is 2.54. The third kappa shape index (κ3) is 2.68. The second kappa shape index (κ2) is 3.97. The van der Waals surface area contributed by atoms with Crippen LogP contribution in [0, 0.1) is 5.92 Å². The average molecular weight is 184 g/mol. The van der Waals surface area contributed by atoms with Crippen molar-refractivity contribution in [1.29, 1.82) is 0 Å². The Balaban J connectivity index is 2.45. The van der Waals surface area contributed by atoms with E-state index in [1.807, 2.05) is 0 Å². The van der Waals surface area contributed by atoms with Gasteiger partial charge in [0, 0.05) is 18.1 Å². The quantitative estimate of drug-likeness (QED) is 0.725. The van der Waals surface area contributed by atoms with Crippen molar-refractivity contribution in [3.8, 4) is 0 Å². The number of likely N-dealkylation sites (tertiary alicyclic amines) is 1. The van der Waals surface area contributed by atoms with Crippen molar-refractivity contribution in [1.82, 2.24) is 4.90 Å². The van der Waals surface area contributed by atoms with Crippen molar-refractivity contribution in [2.24, 2.45) is 11.7 Å². The number of nitrogens with two attached hydrogens (primary N) is 1. The van der Waals surface area contributed by atoms with E-state index in [2.05, 4.69) is 32.6 Å². The fourth-order valence-electron chi connectivity index (χ4n) is 1.97. The predicted octanol–water partition coefficient (Wildman–Crippen LogP) is 1.84. The highest BCUT2D eigenvalue weighted by atomic mass is 15.2. The Morgan fingerprint density at radius 3 is 2.38 bits per heavy atom. The van der Waals surface area contributed by atoms with Crippen molar-refractivity contribution in [3.63, 3.8) is 0 Å². The summed E-state index contributed by atoms with van der Waals surface area (Å²) in [6.45, 7) is 11.3. The lowest BCUT2D eigenvalue weighted by atomic mass is 9.99. The lowest BCUT2D eigenvalue weighted by molar-refractivity contribution is 0.155. The van der Waals surface area contributed by atoms with Gasteiger partial charge in [0.05, 0.1) is 0 Å². The molecule has 1 aliphatic rings. The van der Waals surface area contributed by atoms with Crippen molar-refractivity contribution in [3.05, 3.63) is 0 Å². The summed E-state index contributed by atoms with van der Waals surface area (Å²) in [7, 11) is 0. The average Bonchev–Trinajstić information content (AvgIpc) is 2.30. The van der Waals surface area contributed by atoms with Gasteiger partial charge < -0.3 is 5.73 Å². The summed E-state index contributed by atoms with van der Waals surface area (Å²) >= 11 is 0. The van der Waals surface area contributed by atoms with Gasteiger partial charge in [0.1, 0.15) is 0 Å². The smallest absolute Gasteiger partial charge is 0.0191 e. The van der Waals surface area contributed by atoms with E-state index in [0.29, 0.717) is 17.5 Å². The largest absolute Gasteiger partial charge is 0.326 e. The lowest BCUT2D eigenvalue weighted by Gasteiger charge is -2.34. The molecule has 0 bridgehead atoms. The molecule has 13 heavy (non-hydrogen) atoms. The van der Waals surface area contributed by atoms with E-state index in [1.54, 1.807) is 0 Å². The normalized spacial score (nSPS) is 25.4. The van der Waals surface area contributed by atoms with Crippen molar-refractivity contribution in [2.75, 3.05) is 13.1 Å². The zero-order valence-electron chi connectivity index (χ0n) is 9.51. The summed E-state index contributed by atoms with van der Waals surface area (Å²) in [5.74, 6) is 0.594. The van der Waals surface area contributed by atoms with Gasteiger partial charge in [0.25, 0.3) is 0 Å². The van der Waals surface area contributed by atoms with E-state index in [1.165, 1.54) is 19.4 Å². The third-order valence-corrected chi connectivity index (χ3v) is 3.36. The number of rotatable bonds is 3. The lowest BCUT2D eigenvalue weighted by Crippen LogP contribution is -2.47. The van der Waals surface area contributed by atoms with Crippen LogP contribution in [-0.2, 0) is 0 Å². The minimum Gasteiger partial charge on any atom is -0.326 e. The van der Waals surface area contributed by atoms with Crippen LogP contribution in [0.4, 0.5) is 0 Å². The predicted molar refractivity (Wildman–Crippen MR) is 57.7 cm³/mol. The molecule has 1 rings (SSSR count). The van der Waals surface area contributed by atoms with Gasteiger partial charge in [-0.1, -0.05) is 13.8 Å². The van der Waals surface area contributed by atoms with E-state index in [-0.39, 0.29) is 0 Å². The van der Waals surface area contributed by atoms with Crippen LogP contribution in [0.2, 0.25) is 0 Å².